The maximum atomic E-state index is 12.3. The molecule has 1 aromatic heterocycles. The summed E-state index contributed by atoms with van der Waals surface area (Å²) < 4.78 is 2.31. The summed E-state index contributed by atoms with van der Waals surface area (Å²) >= 11 is 0. The Morgan fingerprint density at radius 2 is 2.12 bits per heavy atom. The van der Waals surface area contributed by atoms with Gasteiger partial charge in [-0.2, -0.15) is 0 Å². The average Bonchev–Trinajstić information content (AvgIpc) is 3.00. The number of carbonyl (C=O) groups is 1. The number of imidazole rings is 1. The minimum Gasteiger partial charge on any atom is -0.338 e. The van der Waals surface area contributed by atoms with Crippen LogP contribution in [-0.4, -0.2) is 40.1 Å². The van der Waals surface area contributed by atoms with Crippen LogP contribution in [0.3, 0.4) is 0 Å². The Morgan fingerprint density at radius 1 is 1.31 bits per heavy atom. The number of rotatable bonds is 6. The Hall–Kier alpha value is -2.30. The van der Waals surface area contributed by atoms with Crippen LogP contribution in [0.2, 0.25) is 0 Å². The maximum absolute atomic E-state index is 12.3. The third-order valence-corrected chi connectivity index (χ3v) is 5.12. The topological polar surface area (TPSA) is 50.2 Å². The van der Waals surface area contributed by atoms with Crippen molar-refractivity contribution in [1.82, 2.24) is 19.8 Å². The van der Waals surface area contributed by atoms with Gasteiger partial charge in [0.2, 0.25) is 0 Å². The second kappa shape index (κ2) is 8.88. The highest BCUT2D eigenvalue weighted by molar-refractivity contribution is 5.74. The number of piperidine rings is 1. The van der Waals surface area contributed by atoms with Gasteiger partial charge >= 0.3 is 6.03 Å². The molecule has 0 spiro atoms. The van der Waals surface area contributed by atoms with Crippen LogP contribution in [0.1, 0.15) is 43.3 Å². The quantitative estimate of drug-likeness (QED) is 0.861. The number of hydrogen-bond acceptors (Lipinski definition) is 2. The van der Waals surface area contributed by atoms with Gasteiger partial charge in [0.15, 0.2) is 0 Å². The van der Waals surface area contributed by atoms with Gasteiger partial charge in [-0.3, -0.25) is 0 Å². The molecule has 2 aromatic rings. The lowest BCUT2D eigenvalue weighted by Crippen LogP contribution is -2.46. The third-order valence-electron chi connectivity index (χ3n) is 5.12. The molecule has 1 aliphatic rings. The van der Waals surface area contributed by atoms with E-state index in [1.165, 1.54) is 11.3 Å². The lowest BCUT2D eigenvalue weighted by molar-refractivity contribution is 0.164. The van der Waals surface area contributed by atoms with Crippen LogP contribution in [0.5, 0.6) is 0 Å². The maximum Gasteiger partial charge on any atom is 0.317 e. The fraction of sp³-hybridized carbons (Fsp3) is 0.524. The van der Waals surface area contributed by atoms with Crippen LogP contribution in [0.4, 0.5) is 4.79 Å². The van der Waals surface area contributed by atoms with E-state index in [2.05, 4.69) is 53.0 Å². The van der Waals surface area contributed by atoms with E-state index in [1.807, 2.05) is 17.2 Å². The van der Waals surface area contributed by atoms with Gasteiger partial charge in [-0.1, -0.05) is 37.3 Å². The van der Waals surface area contributed by atoms with Crippen molar-refractivity contribution < 1.29 is 4.79 Å². The Labute approximate surface area is 156 Å². The molecule has 0 aliphatic carbocycles. The van der Waals surface area contributed by atoms with Gasteiger partial charge < -0.3 is 14.8 Å². The molecular formula is C21H30N4O. The summed E-state index contributed by atoms with van der Waals surface area (Å²) in [6.07, 6.45) is 6.10. The van der Waals surface area contributed by atoms with E-state index >= 15 is 0 Å². The molecule has 26 heavy (non-hydrogen) atoms. The summed E-state index contributed by atoms with van der Waals surface area (Å²) in [5.74, 6) is 1.61. The molecule has 5 heteroatoms. The number of aromatic nitrogens is 2. The van der Waals surface area contributed by atoms with E-state index in [0.29, 0.717) is 5.92 Å². The number of aryl methyl sites for hydroxylation is 1. The van der Waals surface area contributed by atoms with Crippen molar-refractivity contribution in [2.24, 2.45) is 5.92 Å². The predicted molar refractivity (Wildman–Crippen MR) is 104 cm³/mol. The van der Waals surface area contributed by atoms with Crippen molar-refractivity contribution in [1.29, 1.82) is 0 Å². The molecule has 1 N–H and O–H groups in total. The van der Waals surface area contributed by atoms with Crippen LogP contribution < -0.4 is 5.32 Å². The fourth-order valence-electron chi connectivity index (χ4n) is 3.67. The number of carbonyl (C=O) groups excluding carboxylic acids is 1. The predicted octanol–water partition coefficient (Wildman–Crippen LogP) is 3.61. The molecule has 1 unspecified atom stereocenters. The summed E-state index contributed by atoms with van der Waals surface area (Å²) in [6, 6.07) is 10.6. The van der Waals surface area contributed by atoms with Crippen LogP contribution in [0, 0.1) is 12.8 Å². The lowest BCUT2D eigenvalue weighted by atomic mass is 9.94. The standard InChI is InChI=1S/C21H30N4O/c1-3-11-22-21(26)24-12-7-10-19(15-24)13-20-23-14-17(2)25(20)16-18-8-5-4-6-9-18/h4-6,8-9,14,19H,3,7,10-13,15-16H2,1-2H3,(H,22,26). The first kappa shape index (κ1) is 18.5. The van der Waals surface area contributed by atoms with Crippen molar-refractivity contribution in [3.05, 3.63) is 53.6 Å². The Kier molecular flexibility index (Phi) is 6.31. The van der Waals surface area contributed by atoms with Gasteiger partial charge in [-0.05, 0) is 37.7 Å². The zero-order chi connectivity index (χ0) is 18.4. The minimum absolute atomic E-state index is 0.0837. The van der Waals surface area contributed by atoms with Gasteiger partial charge in [0.1, 0.15) is 5.82 Å². The molecular weight excluding hydrogens is 324 g/mol. The zero-order valence-corrected chi connectivity index (χ0v) is 15.9. The van der Waals surface area contributed by atoms with Gasteiger partial charge in [-0.25, -0.2) is 9.78 Å². The Bertz CT molecular complexity index is 710. The molecule has 1 aromatic carbocycles. The third kappa shape index (κ3) is 4.65. The molecule has 0 radical (unpaired) electrons. The molecule has 1 aliphatic heterocycles. The summed E-state index contributed by atoms with van der Waals surface area (Å²) in [5, 5.41) is 3.00. The van der Waals surface area contributed by atoms with E-state index in [4.69, 9.17) is 0 Å². The highest BCUT2D eigenvalue weighted by atomic mass is 16.2. The Balaban J connectivity index is 1.64. The molecule has 2 amide bonds. The number of hydrogen-bond donors (Lipinski definition) is 1. The van der Waals surface area contributed by atoms with E-state index < -0.39 is 0 Å². The summed E-state index contributed by atoms with van der Waals surface area (Å²) in [4.78, 5) is 18.9. The van der Waals surface area contributed by atoms with E-state index in [-0.39, 0.29) is 6.03 Å². The lowest BCUT2D eigenvalue weighted by Gasteiger charge is -2.32. The number of nitrogens with zero attached hydrogens (tertiary/aromatic N) is 3. The van der Waals surface area contributed by atoms with Crippen LogP contribution in [-0.2, 0) is 13.0 Å². The van der Waals surface area contributed by atoms with Gasteiger partial charge in [0.25, 0.3) is 0 Å². The van der Waals surface area contributed by atoms with Crippen LogP contribution >= 0.6 is 0 Å². The monoisotopic (exact) mass is 354 g/mol. The highest BCUT2D eigenvalue weighted by Crippen LogP contribution is 2.21. The van der Waals surface area contributed by atoms with Crippen molar-refractivity contribution in [3.63, 3.8) is 0 Å². The molecule has 5 nitrogen and oxygen atoms in total. The van der Waals surface area contributed by atoms with E-state index in [1.54, 1.807) is 0 Å². The molecule has 140 valence electrons. The molecule has 1 fully saturated rings. The molecule has 0 bridgehead atoms. The zero-order valence-electron chi connectivity index (χ0n) is 15.9. The molecule has 3 rings (SSSR count). The normalized spacial score (nSPS) is 17.3. The number of benzene rings is 1. The fourth-order valence-corrected chi connectivity index (χ4v) is 3.67. The Morgan fingerprint density at radius 3 is 2.88 bits per heavy atom. The number of amides is 2. The van der Waals surface area contributed by atoms with Crippen LogP contribution in [0.15, 0.2) is 36.5 Å². The molecule has 1 atom stereocenters. The number of urea groups is 1. The largest absolute Gasteiger partial charge is 0.338 e. The van der Waals surface area contributed by atoms with Crippen molar-refractivity contribution in [3.8, 4) is 0 Å². The van der Waals surface area contributed by atoms with Gasteiger partial charge in [0.05, 0.1) is 0 Å². The second-order valence-corrected chi connectivity index (χ2v) is 7.28. The second-order valence-electron chi connectivity index (χ2n) is 7.28. The summed E-state index contributed by atoms with van der Waals surface area (Å²) in [6.45, 7) is 7.49. The van der Waals surface area contributed by atoms with Crippen molar-refractivity contribution in [2.45, 2.75) is 46.1 Å². The average molecular weight is 354 g/mol. The van der Waals surface area contributed by atoms with E-state index in [0.717, 1.165) is 57.7 Å². The number of nitrogens with one attached hydrogen (secondary N) is 1. The first-order valence-electron chi connectivity index (χ1n) is 9.75. The SMILES string of the molecule is CCCNC(=O)N1CCCC(Cc2ncc(C)n2Cc2ccccc2)C1. The minimum atomic E-state index is 0.0837. The number of likely N-dealkylation sites (tertiary alicyclic amines) is 1. The molecule has 1 saturated heterocycles. The summed E-state index contributed by atoms with van der Waals surface area (Å²) in [7, 11) is 0. The first-order valence-corrected chi connectivity index (χ1v) is 9.75. The summed E-state index contributed by atoms with van der Waals surface area (Å²) in [5.41, 5.74) is 2.48. The van der Waals surface area contributed by atoms with E-state index in [9.17, 15) is 4.79 Å². The molecule has 0 saturated carbocycles. The van der Waals surface area contributed by atoms with Gasteiger partial charge in [0, 0.05) is 44.5 Å². The van der Waals surface area contributed by atoms with Crippen molar-refractivity contribution in [2.75, 3.05) is 19.6 Å². The van der Waals surface area contributed by atoms with Crippen LogP contribution in [0.25, 0.3) is 0 Å². The van der Waals surface area contributed by atoms with Crippen molar-refractivity contribution >= 4 is 6.03 Å². The van der Waals surface area contributed by atoms with Gasteiger partial charge in [-0.15, -0.1) is 0 Å². The molecule has 2 heterocycles. The smallest absolute Gasteiger partial charge is 0.317 e. The first-order chi connectivity index (χ1) is 12.7. The highest BCUT2D eigenvalue weighted by Gasteiger charge is 2.25.